The average molecular weight is 854 g/mol. The molecule has 0 aromatic carbocycles. The summed E-state index contributed by atoms with van der Waals surface area (Å²) < 4.78 is 22.2. The van der Waals surface area contributed by atoms with E-state index >= 15 is 0 Å². The number of amides is 1. The van der Waals surface area contributed by atoms with E-state index in [1.54, 1.807) is 7.05 Å². The Morgan fingerprint density at radius 1 is 1.10 bits per heavy atom. The first-order valence-corrected chi connectivity index (χ1v) is 18.6. The normalized spacial score (nSPS) is 28.2. The third-order valence-electron chi connectivity index (χ3n) is 11.8. The Balaban J connectivity index is 0.00000364. The van der Waals surface area contributed by atoms with Crippen LogP contribution in [0.5, 0.6) is 0 Å². The molecule has 6 heterocycles. The van der Waals surface area contributed by atoms with Crippen LogP contribution in [0.4, 0.5) is 5.82 Å². The molecule has 3 aliphatic heterocycles. The van der Waals surface area contributed by atoms with Gasteiger partial charge in [0.15, 0.2) is 28.7 Å². The van der Waals surface area contributed by atoms with Crippen molar-refractivity contribution in [2.24, 2.45) is 0 Å². The van der Waals surface area contributed by atoms with Gasteiger partial charge in [0.25, 0.3) is 0 Å². The molecule has 5 aliphatic rings. The van der Waals surface area contributed by atoms with Crippen molar-refractivity contribution in [1.29, 1.82) is 0 Å². The molecule has 2 aliphatic carbocycles. The largest absolute Gasteiger partial charge is 0.374 e. The summed E-state index contributed by atoms with van der Waals surface area (Å²) in [6.07, 6.45) is 10.7. The third-order valence-corrected chi connectivity index (χ3v) is 12.6. The van der Waals surface area contributed by atoms with E-state index in [-0.39, 0.29) is 44.5 Å². The number of fused-ring (bicyclic) bond motifs is 4. The van der Waals surface area contributed by atoms with Gasteiger partial charge in [0.1, 0.15) is 15.6 Å². The number of carbonyl (C=O) groups excluding carboxylic acids is 1. The quantitative estimate of drug-likeness (QED) is 0.215. The number of aromatic nitrogens is 5. The van der Waals surface area contributed by atoms with E-state index in [0.717, 1.165) is 103 Å². The van der Waals surface area contributed by atoms with E-state index in [4.69, 9.17) is 34.2 Å². The number of likely N-dealkylation sites (N-methyl/N-ethyl adjacent to an activating group) is 2. The molecule has 14 heteroatoms. The van der Waals surface area contributed by atoms with Gasteiger partial charge in [-0.2, -0.15) is 18.4 Å². The van der Waals surface area contributed by atoms with Crippen molar-refractivity contribution >= 4 is 45.3 Å². The zero-order valence-electron chi connectivity index (χ0n) is 28.4. The standard InChI is InChI=1S/C34H46IN8O4.Mo/c1-20-11-12-24(32(44)36-3)42(19-20)30-25-28(35)39-43(21(2)23-10-8-16-41(23)4)31(25)38-29(37-30)26-22-9-7-14-33(27(22)47-40-26)13-5-6-15-34(33)45-17-18-46-34;/h21,23-24H,5-19H2,1-4H3,(H,36,44);/q-1;/t21-,23-,24+,33-;/m0./s1. The van der Waals surface area contributed by atoms with Gasteiger partial charge in [-0.15, -0.1) is 6.54 Å². The summed E-state index contributed by atoms with van der Waals surface area (Å²) in [7, 11) is 3.91. The number of nitrogens with one attached hydrogen (secondary N) is 1. The number of hydrogen-bond acceptors (Lipinski definition) is 10. The number of piperidine rings is 1. The summed E-state index contributed by atoms with van der Waals surface area (Å²) >= 11 is 2.32. The Morgan fingerprint density at radius 3 is 2.62 bits per heavy atom. The van der Waals surface area contributed by atoms with Gasteiger partial charge in [-0.05, 0) is 88.1 Å². The molecule has 12 nitrogen and oxygen atoms in total. The van der Waals surface area contributed by atoms with Crippen molar-refractivity contribution in [1.82, 2.24) is 35.1 Å². The molecule has 3 aromatic heterocycles. The second-order valence-corrected chi connectivity index (χ2v) is 15.4. The van der Waals surface area contributed by atoms with Gasteiger partial charge in [0, 0.05) is 46.1 Å². The summed E-state index contributed by atoms with van der Waals surface area (Å²) in [6, 6.07) is 0.107. The van der Waals surface area contributed by atoms with Crippen molar-refractivity contribution in [3.05, 3.63) is 20.9 Å². The van der Waals surface area contributed by atoms with E-state index < -0.39 is 5.79 Å². The van der Waals surface area contributed by atoms with Crippen LogP contribution >= 0.6 is 22.6 Å². The molecule has 48 heavy (non-hydrogen) atoms. The molecule has 4 atom stereocenters. The Labute approximate surface area is 310 Å². The van der Waals surface area contributed by atoms with Crippen molar-refractivity contribution in [2.45, 2.75) is 114 Å². The molecule has 1 saturated carbocycles. The summed E-state index contributed by atoms with van der Waals surface area (Å²) in [4.78, 5) is 28.5. The second-order valence-electron chi connectivity index (χ2n) is 14.4. The molecule has 4 fully saturated rings. The molecule has 3 saturated heterocycles. The number of carbonyl (C=O) groups is 1. The van der Waals surface area contributed by atoms with Crippen LogP contribution in [-0.2, 0) is 47.2 Å². The molecular weight excluding hydrogens is 807 g/mol. The van der Waals surface area contributed by atoms with Gasteiger partial charge in [-0.3, -0.25) is 10.7 Å². The van der Waals surface area contributed by atoms with Crippen LogP contribution in [0.1, 0.15) is 95.4 Å². The van der Waals surface area contributed by atoms with Crippen LogP contribution in [0.25, 0.3) is 22.6 Å². The Kier molecular flexibility index (Phi) is 9.75. The van der Waals surface area contributed by atoms with Gasteiger partial charge in [-0.25, -0.2) is 14.6 Å². The van der Waals surface area contributed by atoms with Crippen molar-refractivity contribution in [3.8, 4) is 11.5 Å². The van der Waals surface area contributed by atoms with Gasteiger partial charge >= 0.3 is 0 Å². The third kappa shape index (κ3) is 5.38. The monoisotopic (exact) mass is 855 g/mol. The average Bonchev–Trinajstić information content (AvgIpc) is 3.89. The minimum absolute atomic E-state index is 0. The Hall–Kier alpha value is -1.67. The Bertz CT molecular complexity index is 1680. The van der Waals surface area contributed by atoms with Gasteiger partial charge in [-0.1, -0.05) is 18.0 Å². The van der Waals surface area contributed by atoms with Gasteiger partial charge < -0.3 is 29.1 Å². The number of nitrogens with zero attached hydrogens (tertiary/aromatic N) is 7. The Morgan fingerprint density at radius 2 is 1.88 bits per heavy atom. The SMILES string of the molecule is CNC(=O)[C@H]1CC[C-](C)CN1c1nc(-c2noc3c2CCC[C@@]32CCCCC23OCCO3)nc2c1c(I)nn2[C@@H](C)[C@@H]1CCCN1C.[Mo]. The summed E-state index contributed by atoms with van der Waals surface area (Å²) in [6.45, 7) is 7.35. The summed E-state index contributed by atoms with van der Waals surface area (Å²) in [5.74, 6) is 2.80. The second kappa shape index (κ2) is 13.5. The number of rotatable bonds is 5. The summed E-state index contributed by atoms with van der Waals surface area (Å²) in [5, 5.41) is 13.7. The number of halogens is 1. The number of likely N-dealkylation sites (tertiary alicyclic amines) is 1. The van der Waals surface area contributed by atoms with Gasteiger partial charge in [0.2, 0.25) is 5.91 Å². The van der Waals surface area contributed by atoms with Crippen LogP contribution in [0.2, 0.25) is 0 Å². The van der Waals surface area contributed by atoms with E-state index in [2.05, 4.69) is 63.3 Å². The van der Waals surface area contributed by atoms with Crippen LogP contribution in [0.15, 0.2) is 4.52 Å². The molecule has 0 unspecified atom stereocenters. The predicted molar refractivity (Wildman–Crippen MR) is 185 cm³/mol. The number of ether oxygens (including phenoxy) is 2. The molecule has 1 amide bonds. The minimum Gasteiger partial charge on any atom is -0.374 e. The van der Waals surface area contributed by atoms with Crippen LogP contribution in [0.3, 0.4) is 0 Å². The smallest absolute Gasteiger partial charge is 0.242 e. The van der Waals surface area contributed by atoms with Crippen molar-refractivity contribution < 1.29 is 39.9 Å². The molecule has 2 spiro atoms. The van der Waals surface area contributed by atoms with Crippen LogP contribution in [-0.4, -0.2) is 94.0 Å². The molecule has 0 bridgehead atoms. The van der Waals surface area contributed by atoms with Crippen LogP contribution < -0.4 is 10.2 Å². The molecule has 3 aromatic rings. The van der Waals surface area contributed by atoms with E-state index in [0.29, 0.717) is 37.3 Å². The maximum Gasteiger partial charge on any atom is 0.242 e. The first-order chi connectivity index (χ1) is 22.8. The number of hydrogen-bond donors (Lipinski definition) is 1. The maximum absolute atomic E-state index is 13.3. The van der Waals surface area contributed by atoms with E-state index in [9.17, 15) is 4.79 Å². The van der Waals surface area contributed by atoms with Crippen molar-refractivity contribution in [2.75, 3.05) is 45.3 Å². The topological polar surface area (TPSA) is 124 Å². The maximum atomic E-state index is 13.3. The molecule has 1 N–H and O–H groups in total. The van der Waals surface area contributed by atoms with E-state index in [1.807, 2.05) is 0 Å². The molecule has 260 valence electrons. The first kappa shape index (κ1) is 34.8. The fourth-order valence-electron chi connectivity index (χ4n) is 9.43. The summed E-state index contributed by atoms with van der Waals surface area (Å²) in [5.41, 5.74) is 2.16. The van der Waals surface area contributed by atoms with Crippen molar-refractivity contribution in [3.63, 3.8) is 0 Å². The zero-order valence-corrected chi connectivity index (χ0v) is 32.6. The van der Waals surface area contributed by atoms with Gasteiger partial charge in [0.05, 0.1) is 30.1 Å². The molecular formula is C34H46IMoN8O4-. The van der Waals surface area contributed by atoms with Crippen LogP contribution in [0, 0.1) is 9.62 Å². The number of anilines is 1. The van der Waals surface area contributed by atoms with E-state index in [1.165, 1.54) is 12.3 Å². The fourth-order valence-corrected chi connectivity index (χ4v) is 10.1. The molecule has 0 radical (unpaired) electrons. The zero-order chi connectivity index (χ0) is 32.5. The fraction of sp³-hybridized carbons (Fsp3) is 0.706. The predicted octanol–water partition coefficient (Wildman–Crippen LogP) is 4.94. The molecule has 8 rings (SSSR count). The first-order valence-electron chi connectivity index (χ1n) is 17.5. The minimum atomic E-state index is -0.660.